The van der Waals surface area contributed by atoms with Gasteiger partial charge in [-0.15, -0.1) is 0 Å². The lowest BCUT2D eigenvalue weighted by molar-refractivity contribution is -0.889. The van der Waals surface area contributed by atoms with Crippen molar-refractivity contribution in [3.8, 4) is 0 Å². The van der Waals surface area contributed by atoms with E-state index in [0.717, 1.165) is 4.48 Å². The molecule has 0 rings (SSSR count). The van der Waals surface area contributed by atoms with Gasteiger partial charge in [0, 0.05) is 6.42 Å². The summed E-state index contributed by atoms with van der Waals surface area (Å²) in [5.74, 6) is 0. The van der Waals surface area contributed by atoms with Crippen LogP contribution in [0, 0.1) is 0 Å². The molecule has 1 nitrogen and oxygen atoms in total. The van der Waals surface area contributed by atoms with Crippen molar-refractivity contribution >= 4 is 0 Å². The molecular formula is C20H42ClN. The first-order valence-electron chi connectivity index (χ1n) is 9.46. The van der Waals surface area contributed by atoms with Crippen molar-refractivity contribution in [3.63, 3.8) is 0 Å². The fourth-order valence-electron chi connectivity index (χ4n) is 3.02. The fraction of sp³-hybridized carbons (Fsp3) is 0.900. The van der Waals surface area contributed by atoms with Crippen LogP contribution in [0.2, 0.25) is 0 Å². The molecule has 0 aromatic carbocycles. The lowest BCUT2D eigenvalue weighted by Gasteiger charge is -2.32. The van der Waals surface area contributed by atoms with Crippen molar-refractivity contribution in [1.29, 1.82) is 0 Å². The normalized spacial score (nSPS) is 12.7. The van der Waals surface area contributed by atoms with Crippen LogP contribution in [0.3, 0.4) is 0 Å². The SMILES string of the molecule is C=CC(CCCCCCCCCCCCCC)[N+](C)(C)C.[Cl-]. The molecule has 0 aliphatic carbocycles. The highest BCUT2D eigenvalue weighted by molar-refractivity contribution is 4.79. The molecule has 0 amide bonds. The number of rotatable bonds is 15. The summed E-state index contributed by atoms with van der Waals surface area (Å²) in [5, 5.41) is 0. The minimum atomic E-state index is 0. The van der Waals surface area contributed by atoms with E-state index in [1.54, 1.807) is 0 Å². The third-order valence-corrected chi connectivity index (χ3v) is 4.62. The second kappa shape index (κ2) is 15.9. The van der Waals surface area contributed by atoms with Crippen LogP contribution < -0.4 is 12.4 Å². The largest absolute Gasteiger partial charge is 1.00 e. The molecule has 0 radical (unpaired) electrons. The van der Waals surface area contributed by atoms with Crippen molar-refractivity contribution in [1.82, 2.24) is 0 Å². The van der Waals surface area contributed by atoms with Crippen molar-refractivity contribution in [2.24, 2.45) is 0 Å². The fourth-order valence-corrected chi connectivity index (χ4v) is 3.02. The average molecular weight is 332 g/mol. The van der Waals surface area contributed by atoms with Crippen molar-refractivity contribution in [2.75, 3.05) is 21.1 Å². The van der Waals surface area contributed by atoms with Crippen LogP contribution in [0.5, 0.6) is 0 Å². The minimum Gasteiger partial charge on any atom is -1.00 e. The average Bonchev–Trinajstić information content (AvgIpc) is 2.42. The molecule has 0 aromatic rings. The molecule has 0 heterocycles. The summed E-state index contributed by atoms with van der Waals surface area (Å²) in [6.07, 6.45) is 20.6. The lowest BCUT2D eigenvalue weighted by atomic mass is 10.0. The molecule has 0 aliphatic heterocycles. The Kier molecular flexibility index (Phi) is 17.5. The highest BCUT2D eigenvalue weighted by Crippen LogP contribution is 2.16. The molecule has 0 bridgehead atoms. The second-order valence-corrected chi connectivity index (χ2v) is 7.60. The number of likely N-dealkylation sites (N-methyl/N-ethyl adjacent to an activating group) is 1. The first-order chi connectivity index (χ1) is 10.0. The Labute approximate surface area is 147 Å². The van der Waals surface area contributed by atoms with Gasteiger partial charge < -0.3 is 16.9 Å². The molecule has 0 aliphatic rings. The van der Waals surface area contributed by atoms with Crippen molar-refractivity contribution < 1.29 is 16.9 Å². The van der Waals surface area contributed by atoms with Crippen LogP contribution in [-0.4, -0.2) is 31.7 Å². The molecule has 0 spiro atoms. The number of hydrogen-bond acceptors (Lipinski definition) is 0. The van der Waals surface area contributed by atoms with Crippen LogP contribution in [-0.2, 0) is 0 Å². The van der Waals surface area contributed by atoms with Gasteiger partial charge >= 0.3 is 0 Å². The Morgan fingerprint density at radius 1 is 0.727 bits per heavy atom. The Hall–Kier alpha value is -0.0100. The maximum absolute atomic E-state index is 3.99. The van der Waals surface area contributed by atoms with Gasteiger partial charge in [-0.2, -0.15) is 0 Å². The van der Waals surface area contributed by atoms with E-state index < -0.39 is 0 Å². The van der Waals surface area contributed by atoms with E-state index in [-0.39, 0.29) is 12.4 Å². The molecule has 0 fully saturated rings. The molecular weight excluding hydrogens is 290 g/mol. The van der Waals surface area contributed by atoms with Gasteiger partial charge in [0.15, 0.2) is 0 Å². The Morgan fingerprint density at radius 2 is 1.09 bits per heavy atom. The molecule has 1 atom stereocenters. The summed E-state index contributed by atoms with van der Waals surface area (Å²) in [6, 6.07) is 0.619. The van der Waals surface area contributed by atoms with Gasteiger partial charge in [0.2, 0.25) is 0 Å². The molecule has 0 N–H and O–H groups in total. The van der Waals surface area contributed by atoms with Gasteiger partial charge in [-0.05, 0) is 12.5 Å². The molecule has 0 saturated heterocycles. The van der Waals surface area contributed by atoms with Crippen molar-refractivity contribution in [2.45, 2.75) is 96.4 Å². The van der Waals surface area contributed by atoms with Crippen LogP contribution in [0.1, 0.15) is 90.4 Å². The molecule has 0 saturated carbocycles. The third kappa shape index (κ3) is 14.9. The number of halogens is 1. The van der Waals surface area contributed by atoms with Gasteiger partial charge in [0.25, 0.3) is 0 Å². The maximum Gasteiger partial charge on any atom is 0.107 e. The van der Waals surface area contributed by atoms with Crippen LogP contribution >= 0.6 is 0 Å². The predicted octanol–water partition coefficient (Wildman–Crippen LogP) is 3.34. The van der Waals surface area contributed by atoms with Gasteiger partial charge in [0.05, 0.1) is 21.1 Å². The number of hydrogen-bond donors (Lipinski definition) is 0. The zero-order valence-corrected chi connectivity index (χ0v) is 16.6. The van der Waals surface area contributed by atoms with E-state index >= 15 is 0 Å². The topological polar surface area (TPSA) is 0 Å². The third-order valence-electron chi connectivity index (χ3n) is 4.62. The minimum absolute atomic E-state index is 0. The van der Waals surface area contributed by atoms with Crippen LogP contribution in [0.25, 0.3) is 0 Å². The second-order valence-electron chi connectivity index (χ2n) is 7.60. The standard InChI is InChI=1S/C20H42N.ClH/c1-6-8-9-10-11-12-13-14-15-16-17-18-19-20(7-2)21(3,4)5;/h7,20H,2,6,8-19H2,1,3-5H3;1H/q+1;/p-1. The molecule has 22 heavy (non-hydrogen) atoms. The number of nitrogens with zero attached hydrogens (tertiary/aromatic N) is 1. The van der Waals surface area contributed by atoms with Gasteiger partial charge in [-0.3, -0.25) is 0 Å². The summed E-state index contributed by atoms with van der Waals surface area (Å²) in [6.45, 7) is 6.28. The Bertz CT molecular complexity index is 232. The molecule has 1 unspecified atom stereocenters. The van der Waals surface area contributed by atoms with E-state index in [4.69, 9.17) is 0 Å². The molecule has 2 heteroatoms. The quantitative estimate of drug-likeness (QED) is 0.245. The number of unbranched alkanes of at least 4 members (excludes halogenated alkanes) is 11. The maximum atomic E-state index is 3.99. The Morgan fingerprint density at radius 3 is 1.41 bits per heavy atom. The van der Waals surface area contributed by atoms with Gasteiger partial charge in [-0.25, -0.2) is 0 Å². The Balaban J connectivity index is 0. The molecule has 134 valence electrons. The van der Waals surface area contributed by atoms with E-state index in [9.17, 15) is 0 Å². The van der Waals surface area contributed by atoms with E-state index in [1.807, 2.05) is 0 Å². The summed E-state index contributed by atoms with van der Waals surface area (Å²) < 4.78 is 1.02. The highest BCUT2D eigenvalue weighted by Gasteiger charge is 2.18. The summed E-state index contributed by atoms with van der Waals surface area (Å²) in [7, 11) is 6.81. The molecule has 0 aromatic heterocycles. The lowest BCUT2D eigenvalue weighted by Crippen LogP contribution is -3.00. The monoisotopic (exact) mass is 331 g/mol. The first kappa shape index (κ1) is 24.2. The van der Waals surface area contributed by atoms with Crippen LogP contribution in [0.4, 0.5) is 0 Å². The van der Waals surface area contributed by atoms with Gasteiger partial charge in [-0.1, -0.05) is 84.1 Å². The summed E-state index contributed by atoms with van der Waals surface area (Å²) >= 11 is 0. The van der Waals surface area contributed by atoms with Gasteiger partial charge in [0.1, 0.15) is 6.04 Å². The van der Waals surface area contributed by atoms with E-state index in [2.05, 4.69) is 40.7 Å². The highest BCUT2D eigenvalue weighted by atomic mass is 35.5. The first-order valence-corrected chi connectivity index (χ1v) is 9.46. The zero-order chi connectivity index (χ0) is 16.0. The smallest absolute Gasteiger partial charge is 0.107 e. The van der Waals surface area contributed by atoms with E-state index in [0.29, 0.717) is 6.04 Å². The number of quaternary nitrogens is 1. The van der Waals surface area contributed by atoms with E-state index in [1.165, 1.54) is 83.5 Å². The predicted molar refractivity (Wildman–Crippen MR) is 97.7 cm³/mol. The van der Waals surface area contributed by atoms with Crippen molar-refractivity contribution in [3.05, 3.63) is 12.7 Å². The summed E-state index contributed by atoms with van der Waals surface area (Å²) in [5.41, 5.74) is 0. The zero-order valence-electron chi connectivity index (χ0n) is 15.9. The van der Waals surface area contributed by atoms with Crippen LogP contribution in [0.15, 0.2) is 12.7 Å². The summed E-state index contributed by atoms with van der Waals surface area (Å²) in [4.78, 5) is 0.